The third-order valence-electron chi connectivity index (χ3n) is 4.81. The predicted molar refractivity (Wildman–Crippen MR) is 107 cm³/mol. The molecule has 0 saturated carbocycles. The standard InChI is InChI=1S/C22H30N2O4/c1-17(2)14-18(24-10-12-26-13-11-24)15-23-22(25)21-9-8-20(28-21)16-27-19-6-4-3-5-7-19/h3-9,17-18H,10-16H2,1-2H3,(H,23,25). The largest absolute Gasteiger partial charge is 0.486 e. The number of carbonyl (C=O) groups excluding carboxylic acids is 1. The Balaban J connectivity index is 1.51. The van der Waals surface area contributed by atoms with Gasteiger partial charge in [0.2, 0.25) is 0 Å². The zero-order valence-electron chi connectivity index (χ0n) is 16.7. The summed E-state index contributed by atoms with van der Waals surface area (Å²) in [6.45, 7) is 8.65. The topological polar surface area (TPSA) is 63.9 Å². The lowest BCUT2D eigenvalue weighted by atomic mass is 10.0. The minimum absolute atomic E-state index is 0.187. The van der Waals surface area contributed by atoms with E-state index in [2.05, 4.69) is 24.1 Å². The molecule has 0 spiro atoms. The molecule has 3 rings (SSSR count). The first-order valence-corrected chi connectivity index (χ1v) is 9.98. The maximum atomic E-state index is 12.5. The molecule has 1 amide bonds. The van der Waals surface area contributed by atoms with Crippen molar-refractivity contribution < 1.29 is 18.7 Å². The molecule has 2 heterocycles. The van der Waals surface area contributed by atoms with Gasteiger partial charge in [-0.1, -0.05) is 32.0 Å². The Morgan fingerprint density at radius 3 is 2.61 bits per heavy atom. The number of morpholine rings is 1. The average molecular weight is 386 g/mol. The van der Waals surface area contributed by atoms with Crippen LogP contribution in [0.2, 0.25) is 0 Å². The molecule has 1 saturated heterocycles. The van der Waals surface area contributed by atoms with E-state index in [9.17, 15) is 4.79 Å². The minimum Gasteiger partial charge on any atom is -0.486 e. The third kappa shape index (κ3) is 6.11. The first kappa shape index (κ1) is 20.4. The van der Waals surface area contributed by atoms with Crippen LogP contribution in [0.4, 0.5) is 0 Å². The molecule has 0 bridgehead atoms. The highest BCUT2D eigenvalue weighted by Crippen LogP contribution is 2.15. The van der Waals surface area contributed by atoms with Crippen LogP contribution in [-0.4, -0.2) is 49.7 Å². The summed E-state index contributed by atoms with van der Waals surface area (Å²) in [5.41, 5.74) is 0. The highest BCUT2D eigenvalue weighted by atomic mass is 16.5. The molecule has 6 heteroatoms. The van der Waals surface area contributed by atoms with Gasteiger partial charge in [-0.3, -0.25) is 9.69 Å². The second-order valence-corrected chi connectivity index (χ2v) is 7.51. The minimum atomic E-state index is -0.187. The van der Waals surface area contributed by atoms with Crippen LogP contribution in [-0.2, 0) is 11.3 Å². The van der Waals surface area contributed by atoms with Crippen molar-refractivity contribution in [2.24, 2.45) is 5.92 Å². The van der Waals surface area contributed by atoms with Gasteiger partial charge in [0.25, 0.3) is 5.91 Å². The van der Waals surface area contributed by atoms with E-state index in [1.165, 1.54) is 0 Å². The van der Waals surface area contributed by atoms with Gasteiger partial charge in [0.05, 0.1) is 13.2 Å². The summed E-state index contributed by atoms with van der Waals surface area (Å²) in [6, 6.07) is 13.3. The molecule has 1 aromatic heterocycles. The normalized spacial score (nSPS) is 16.1. The summed E-state index contributed by atoms with van der Waals surface area (Å²) >= 11 is 0. The molecule has 2 aromatic rings. The molecule has 1 aliphatic rings. The van der Waals surface area contributed by atoms with Crippen LogP contribution in [0, 0.1) is 5.92 Å². The number of nitrogens with one attached hydrogen (secondary N) is 1. The second kappa shape index (κ2) is 10.3. The number of rotatable bonds is 9. The number of nitrogens with zero attached hydrogens (tertiary/aromatic N) is 1. The molecule has 0 radical (unpaired) electrons. The van der Waals surface area contributed by atoms with E-state index < -0.39 is 0 Å². The maximum Gasteiger partial charge on any atom is 0.287 e. The number of hydrogen-bond donors (Lipinski definition) is 1. The molecule has 152 valence electrons. The maximum absolute atomic E-state index is 12.5. The summed E-state index contributed by atoms with van der Waals surface area (Å²) < 4.78 is 16.8. The number of ether oxygens (including phenoxy) is 2. The van der Waals surface area contributed by atoms with Crippen LogP contribution in [0.3, 0.4) is 0 Å². The van der Waals surface area contributed by atoms with E-state index in [0.717, 1.165) is 38.5 Å². The van der Waals surface area contributed by atoms with Crippen molar-refractivity contribution in [3.05, 3.63) is 54.0 Å². The Morgan fingerprint density at radius 2 is 1.89 bits per heavy atom. The van der Waals surface area contributed by atoms with Gasteiger partial charge in [-0.05, 0) is 36.6 Å². The van der Waals surface area contributed by atoms with E-state index in [4.69, 9.17) is 13.9 Å². The van der Waals surface area contributed by atoms with Crippen molar-refractivity contribution in [2.75, 3.05) is 32.8 Å². The summed E-state index contributed by atoms with van der Waals surface area (Å²) in [6.07, 6.45) is 1.04. The van der Waals surface area contributed by atoms with Gasteiger partial charge < -0.3 is 19.2 Å². The number of para-hydroxylation sites is 1. The highest BCUT2D eigenvalue weighted by molar-refractivity contribution is 5.91. The van der Waals surface area contributed by atoms with Crippen molar-refractivity contribution in [1.82, 2.24) is 10.2 Å². The molecule has 1 atom stereocenters. The SMILES string of the molecule is CC(C)CC(CNC(=O)c1ccc(COc2ccccc2)o1)N1CCOCC1. The van der Waals surface area contributed by atoms with Crippen molar-refractivity contribution in [1.29, 1.82) is 0 Å². The molecule has 28 heavy (non-hydrogen) atoms. The molecule has 1 unspecified atom stereocenters. The third-order valence-corrected chi connectivity index (χ3v) is 4.81. The lowest BCUT2D eigenvalue weighted by molar-refractivity contribution is 0.0124. The van der Waals surface area contributed by atoms with Gasteiger partial charge in [0.15, 0.2) is 5.76 Å². The van der Waals surface area contributed by atoms with Crippen LogP contribution >= 0.6 is 0 Å². The van der Waals surface area contributed by atoms with E-state index in [0.29, 0.717) is 36.6 Å². The Hall–Kier alpha value is -2.31. The first-order chi connectivity index (χ1) is 13.6. The highest BCUT2D eigenvalue weighted by Gasteiger charge is 2.23. The summed E-state index contributed by atoms with van der Waals surface area (Å²) in [5, 5.41) is 3.03. The van der Waals surface area contributed by atoms with Gasteiger partial charge in [-0.25, -0.2) is 0 Å². The number of benzene rings is 1. The molecule has 6 nitrogen and oxygen atoms in total. The van der Waals surface area contributed by atoms with Gasteiger partial charge in [-0.15, -0.1) is 0 Å². The van der Waals surface area contributed by atoms with Crippen LogP contribution in [0.5, 0.6) is 5.75 Å². The van der Waals surface area contributed by atoms with E-state index >= 15 is 0 Å². The Morgan fingerprint density at radius 1 is 1.14 bits per heavy atom. The monoisotopic (exact) mass is 386 g/mol. The summed E-state index contributed by atoms with van der Waals surface area (Å²) in [4.78, 5) is 14.9. The number of amides is 1. The van der Waals surface area contributed by atoms with Gasteiger partial charge in [0.1, 0.15) is 18.1 Å². The van der Waals surface area contributed by atoms with Gasteiger partial charge in [0, 0.05) is 25.7 Å². The molecular weight excluding hydrogens is 356 g/mol. The van der Waals surface area contributed by atoms with Gasteiger partial charge >= 0.3 is 0 Å². The fourth-order valence-corrected chi connectivity index (χ4v) is 3.39. The zero-order chi connectivity index (χ0) is 19.8. The quantitative estimate of drug-likeness (QED) is 0.716. The van der Waals surface area contributed by atoms with Crippen LogP contribution in [0.25, 0.3) is 0 Å². The summed E-state index contributed by atoms with van der Waals surface area (Å²) in [5.74, 6) is 2.09. The van der Waals surface area contributed by atoms with Crippen molar-refractivity contribution in [3.63, 3.8) is 0 Å². The van der Waals surface area contributed by atoms with E-state index in [1.807, 2.05) is 30.3 Å². The van der Waals surface area contributed by atoms with Crippen LogP contribution in [0.1, 0.15) is 36.6 Å². The fraction of sp³-hybridized carbons (Fsp3) is 0.500. The van der Waals surface area contributed by atoms with Gasteiger partial charge in [-0.2, -0.15) is 0 Å². The van der Waals surface area contributed by atoms with Crippen molar-refractivity contribution >= 4 is 5.91 Å². The van der Waals surface area contributed by atoms with Crippen LogP contribution < -0.4 is 10.1 Å². The molecule has 1 aromatic carbocycles. The molecule has 1 fully saturated rings. The van der Waals surface area contributed by atoms with E-state index in [1.54, 1.807) is 12.1 Å². The first-order valence-electron chi connectivity index (χ1n) is 9.98. The molecular formula is C22H30N2O4. The lowest BCUT2D eigenvalue weighted by Gasteiger charge is -2.35. The number of hydrogen-bond acceptors (Lipinski definition) is 5. The zero-order valence-corrected chi connectivity index (χ0v) is 16.7. The van der Waals surface area contributed by atoms with Crippen molar-refractivity contribution in [2.45, 2.75) is 32.9 Å². The predicted octanol–water partition coefficient (Wildman–Crippen LogP) is 3.34. The summed E-state index contributed by atoms with van der Waals surface area (Å²) in [7, 11) is 0. The molecule has 0 aliphatic carbocycles. The molecule has 1 aliphatic heterocycles. The number of furan rings is 1. The smallest absolute Gasteiger partial charge is 0.287 e. The molecule has 1 N–H and O–H groups in total. The Labute approximate surface area is 166 Å². The Bertz CT molecular complexity index is 723. The van der Waals surface area contributed by atoms with Crippen LogP contribution in [0.15, 0.2) is 46.9 Å². The fourth-order valence-electron chi connectivity index (χ4n) is 3.39. The Kier molecular flexibility index (Phi) is 7.51. The lowest BCUT2D eigenvalue weighted by Crippen LogP contribution is -2.49. The average Bonchev–Trinajstić information content (AvgIpc) is 3.20. The van der Waals surface area contributed by atoms with E-state index in [-0.39, 0.29) is 5.91 Å². The van der Waals surface area contributed by atoms with Crippen molar-refractivity contribution in [3.8, 4) is 5.75 Å². The number of carbonyl (C=O) groups is 1. The second-order valence-electron chi connectivity index (χ2n) is 7.51.